The van der Waals surface area contributed by atoms with Crippen molar-refractivity contribution in [2.45, 2.75) is 12.8 Å². The van der Waals surface area contributed by atoms with Crippen molar-refractivity contribution in [2.75, 3.05) is 12.4 Å². The summed E-state index contributed by atoms with van der Waals surface area (Å²) >= 11 is 0. The zero-order chi connectivity index (χ0) is 16.1. The van der Waals surface area contributed by atoms with Crippen LogP contribution in [0, 0.1) is 0 Å². The van der Waals surface area contributed by atoms with Gasteiger partial charge < -0.3 is 15.0 Å². The van der Waals surface area contributed by atoms with Crippen LogP contribution >= 0.6 is 0 Å². The van der Waals surface area contributed by atoms with Crippen LogP contribution in [0.4, 0.5) is 5.69 Å². The Morgan fingerprint density at radius 1 is 1.41 bits per heavy atom. The van der Waals surface area contributed by atoms with E-state index in [0.717, 1.165) is 5.56 Å². The molecule has 0 unspecified atom stereocenters. The molecule has 0 fully saturated rings. The number of carbonyl (C=O) groups excluding carboxylic acids is 2. The topological polar surface area (TPSA) is 106 Å². The maximum Gasteiger partial charge on any atom is 0.354 e. The average molecular weight is 304 g/mol. The Morgan fingerprint density at radius 3 is 2.77 bits per heavy atom. The van der Waals surface area contributed by atoms with Gasteiger partial charge in [0.1, 0.15) is 11.4 Å². The van der Waals surface area contributed by atoms with Crippen molar-refractivity contribution in [2.24, 2.45) is 7.05 Å². The summed E-state index contributed by atoms with van der Waals surface area (Å²) in [4.78, 5) is 37.2. The number of carbonyl (C=O) groups is 2. The van der Waals surface area contributed by atoms with Crippen molar-refractivity contribution in [3.63, 3.8) is 0 Å². The Hall–Kier alpha value is -2.90. The third-order valence-electron chi connectivity index (χ3n) is 2.99. The van der Waals surface area contributed by atoms with E-state index in [1.54, 1.807) is 17.9 Å². The van der Waals surface area contributed by atoms with Gasteiger partial charge in [0.25, 0.3) is 5.56 Å². The Balaban J connectivity index is 1.96. The standard InChI is InChI=1S/C14H16N4O4/c1-18-8-9(7-15-18)3-6-12(19)16-10-4-5-11(14(21)22-2)17-13(10)20/h4-5,7-8H,3,6H2,1-2H3,(H,16,19)(H,17,20). The fraction of sp³-hybridized carbons (Fsp3) is 0.286. The molecule has 0 bridgehead atoms. The molecule has 0 radical (unpaired) electrons. The SMILES string of the molecule is COC(=O)c1ccc(NC(=O)CCc2cnn(C)c2)c(=O)[nH]1. The van der Waals surface area contributed by atoms with Crippen molar-refractivity contribution in [1.82, 2.24) is 14.8 Å². The molecule has 0 aromatic carbocycles. The number of anilines is 1. The molecule has 116 valence electrons. The molecular weight excluding hydrogens is 288 g/mol. The van der Waals surface area contributed by atoms with Crippen LogP contribution in [-0.4, -0.2) is 33.8 Å². The van der Waals surface area contributed by atoms with Gasteiger partial charge in [-0.3, -0.25) is 14.3 Å². The summed E-state index contributed by atoms with van der Waals surface area (Å²) in [6.45, 7) is 0. The number of hydrogen-bond donors (Lipinski definition) is 2. The molecule has 2 aromatic rings. The second-order valence-corrected chi connectivity index (χ2v) is 4.68. The Kier molecular flexibility index (Phi) is 4.72. The summed E-state index contributed by atoms with van der Waals surface area (Å²) < 4.78 is 6.15. The Morgan fingerprint density at radius 2 is 2.18 bits per heavy atom. The minimum atomic E-state index is -0.647. The van der Waals surface area contributed by atoms with Crippen LogP contribution in [0.1, 0.15) is 22.5 Å². The summed E-state index contributed by atoms with van der Waals surface area (Å²) in [5.74, 6) is -0.938. The maximum absolute atomic E-state index is 11.8. The number of pyridine rings is 1. The molecule has 22 heavy (non-hydrogen) atoms. The zero-order valence-electron chi connectivity index (χ0n) is 12.3. The highest BCUT2D eigenvalue weighted by molar-refractivity contribution is 5.91. The molecule has 0 aliphatic rings. The molecule has 8 nitrogen and oxygen atoms in total. The number of nitrogens with one attached hydrogen (secondary N) is 2. The number of esters is 1. The highest BCUT2D eigenvalue weighted by Crippen LogP contribution is 2.05. The molecule has 8 heteroatoms. The molecule has 1 amide bonds. The molecule has 0 saturated heterocycles. The minimum absolute atomic E-state index is 0.0286. The molecule has 2 aromatic heterocycles. The van der Waals surface area contributed by atoms with Crippen LogP contribution in [0.2, 0.25) is 0 Å². The van der Waals surface area contributed by atoms with Crippen LogP contribution < -0.4 is 10.9 Å². The number of H-pyrrole nitrogens is 1. The van der Waals surface area contributed by atoms with Gasteiger partial charge in [0, 0.05) is 19.7 Å². The summed E-state index contributed by atoms with van der Waals surface area (Å²) in [5.41, 5.74) is 0.495. The van der Waals surface area contributed by atoms with E-state index < -0.39 is 11.5 Å². The van der Waals surface area contributed by atoms with E-state index >= 15 is 0 Å². The summed E-state index contributed by atoms with van der Waals surface area (Å²) in [6, 6.07) is 2.75. The van der Waals surface area contributed by atoms with Crippen LogP contribution in [0.15, 0.2) is 29.3 Å². The van der Waals surface area contributed by atoms with Gasteiger partial charge in [0.2, 0.25) is 5.91 Å². The van der Waals surface area contributed by atoms with Crippen LogP contribution in [-0.2, 0) is 23.0 Å². The van der Waals surface area contributed by atoms with Crippen LogP contribution in [0.25, 0.3) is 0 Å². The lowest BCUT2D eigenvalue weighted by Crippen LogP contribution is -2.22. The summed E-state index contributed by atoms with van der Waals surface area (Å²) in [6.07, 6.45) is 4.26. The number of rotatable bonds is 5. The van der Waals surface area contributed by atoms with Gasteiger partial charge in [0.15, 0.2) is 0 Å². The highest BCUT2D eigenvalue weighted by Gasteiger charge is 2.10. The predicted molar refractivity (Wildman–Crippen MR) is 78.6 cm³/mol. The van der Waals surface area contributed by atoms with Gasteiger partial charge in [-0.25, -0.2) is 4.79 Å². The molecule has 0 spiro atoms. The molecule has 2 heterocycles. The summed E-state index contributed by atoms with van der Waals surface area (Å²) in [5, 5.41) is 6.52. The Labute approximate surface area is 126 Å². The largest absolute Gasteiger partial charge is 0.464 e. The van der Waals surface area contributed by atoms with E-state index in [-0.39, 0.29) is 23.7 Å². The van der Waals surface area contributed by atoms with E-state index in [9.17, 15) is 14.4 Å². The van der Waals surface area contributed by atoms with Gasteiger partial charge in [-0.05, 0) is 24.1 Å². The predicted octanol–water partition coefficient (Wildman–Crippen LogP) is 0.466. The van der Waals surface area contributed by atoms with Crippen molar-refractivity contribution >= 4 is 17.6 Å². The van der Waals surface area contributed by atoms with Gasteiger partial charge in [-0.1, -0.05) is 0 Å². The first-order chi connectivity index (χ1) is 10.5. The second-order valence-electron chi connectivity index (χ2n) is 4.68. The number of hydrogen-bond acceptors (Lipinski definition) is 5. The van der Waals surface area contributed by atoms with Crippen molar-refractivity contribution in [1.29, 1.82) is 0 Å². The number of aromatic amines is 1. The van der Waals surface area contributed by atoms with Crippen LogP contribution in [0.3, 0.4) is 0 Å². The first kappa shape index (κ1) is 15.5. The third-order valence-corrected chi connectivity index (χ3v) is 2.99. The number of nitrogens with zero attached hydrogens (tertiary/aromatic N) is 2. The van der Waals surface area contributed by atoms with E-state index in [2.05, 4.69) is 20.1 Å². The second kappa shape index (κ2) is 6.70. The van der Waals surface area contributed by atoms with Crippen molar-refractivity contribution in [3.8, 4) is 0 Å². The normalized spacial score (nSPS) is 10.3. The lowest BCUT2D eigenvalue weighted by molar-refractivity contribution is -0.116. The van der Waals surface area contributed by atoms with Crippen molar-refractivity contribution < 1.29 is 14.3 Å². The van der Waals surface area contributed by atoms with E-state index in [1.165, 1.54) is 19.2 Å². The molecule has 2 N–H and O–H groups in total. The van der Waals surface area contributed by atoms with Gasteiger partial charge in [-0.15, -0.1) is 0 Å². The van der Waals surface area contributed by atoms with Gasteiger partial charge in [-0.2, -0.15) is 5.10 Å². The van der Waals surface area contributed by atoms with Crippen molar-refractivity contribution in [3.05, 3.63) is 46.1 Å². The van der Waals surface area contributed by atoms with E-state index in [4.69, 9.17) is 0 Å². The monoisotopic (exact) mass is 304 g/mol. The first-order valence-corrected chi connectivity index (χ1v) is 6.58. The fourth-order valence-electron chi connectivity index (χ4n) is 1.87. The molecule has 0 aliphatic carbocycles. The van der Waals surface area contributed by atoms with E-state index in [0.29, 0.717) is 6.42 Å². The van der Waals surface area contributed by atoms with Gasteiger partial charge in [0.05, 0.1) is 13.3 Å². The zero-order valence-corrected chi connectivity index (χ0v) is 12.3. The lowest BCUT2D eigenvalue weighted by Gasteiger charge is -2.05. The smallest absolute Gasteiger partial charge is 0.354 e. The third kappa shape index (κ3) is 3.81. The number of aryl methyl sites for hydroxylation is 2. The molecule has 2 rings (SSSR count). The number of methoxy groups -OCH3 is 1. The lowest BCUT2D eigenvalue weighted by atomic mass is 10.2. The quantitative estimate of drug-likeness (QED) is 0.781. The first-order valence-electron chi connectivity index (χ1n) is 6.58. The minimum Gasteiger partial charge on any atom is -0.464 e. The summed E-state index contributed by atoms with van der Waals surface area (Å²) in [7, 11) is 3.01. The fourth-order valence-corrected chi connectivity index (χ4v) is 1.87. The molecule has 0 aliphatic heterocycles. The molecule has 0 saturated carbocycles. The maximum atomic E-state index is 11.8. The number of ether oxygens (including phenoxy) is 1. The Bertz CT molecular complexity index is 747. The molecular formula is C14H16N4O4. The highest BCUT2D eigenvalue weighted by atomic mass is 16.5. The van der Waals surface area contributed by atoms with Gasteiger partial charge >= 0.3 is 5.97 Å². The van der Waals surface area contributed by atoms with E-state index in [1.807, 2.05) is 6.20 Å². The molecule has 0 atom stereocenters. The number of aromatic nitrogens is 3. The average Bonchev–Trinajstić information content (AvgIpc) is 2.92. The van der Waals surface area contributed by atoms with Crippen LogP contribution in [0.5, 0.6) is 0 Å². The number of amides is 1.